The maximum atomic E-state index is 5.60. The van der Waals surface area contributed by atoms with Crippen molar-refractivity contribution in [2.24, 2.45) is 5.92 Å². The maximum absolute atomic E-state index is 5.60. The van der Waals surface area contributed by atoms with Crippen LogP contribution in [0.2, 0.25) is 0 Å². The highest BCUT2D eigenvalue weighted by atomic mass is 16.5. The van der Waals surface area contributed by atoms with Crippen LogP contribution in [-0.4, -0.2) is 13.2 Å². The molecule has 0 spiro atoms. The van der Waals surface area contributed by atoms with Gasteiger partial charge in [0.15, 0.2) is 0 Å². The molecule has 0 saturated carbocycles. The molecule has 0 aliphatic carbocycles. The highest BCUT2D eigenvalue weighted by molar-refractivity contribution is 5.41. The van der Waals surface area contributed by atoms with E-state index in [9.17, 15) is 0 Å². The Kier molecular flexibility index (Phi) is 2.17. The molecule has 0 radical (unpaired) electrons. The molecule has 2 heterocycles. The van der Waals surface area contributed by atoms with E-state index in [0.29, 0.717) is 6.04 Å². The average Bonchev–Trinajstić information content (AvgIpc) is 2.84. The third-order valence-corrected chi connectivity index (χ3v) is 3.47. The van der Waals surface area contributed by atoms with Crippen molar-refractivity contribution < 1.29 is 4.74 Å². The van der Waals surface area contributed by atoms with Gasteiger partial charge in [-0.3, -0.25) is 0 Å². The van der Waals surface area contributed by atoms with Crippen molar-refractivity contribution in [2.75, 3.05) is 13.2 Å². The molecule has 1 fully saturated rings. The zero-order chi connectivity index (χ0) is 10.3. The van der Waals surface area contributed by atoms with Crippen LogP contribution in [-0.2, 0) is 6.42 Å². The molecule has 1 aromatic rings. The van der Waals surface area contributed by atoms with Gasteiger partial charge < -0.3 is 10.1 Å². The molecule has 2 heteroatoms. The Morgan fingerprint density at radius 1 is 1.40 bits per heavy atom. The standard InChI is InChI=1S/C13H17NO/c1-9-6-12(14-8-9)11-3-2-10-4-5-15-13(10)7-11/h2-3,7,9,12,14H,4-6,8H2,1H3. The predicted molar refractivity (Wildman–Crippen MR) is 60.2 cm³/mol. The summed E-state index contributed by atoms with van der Waals surface area (Å²) in [6.07, 6.45) is 2.32. The first-order valence-corrected chi connectivity index (χ1v) is 5.82. The van der Waals surface area contributed by atoms with E-state index in [2.05, 4.69) is 30.4 Å². The van der Waals surface area contributed by atoms with Gasteiger partial charge in [-0.05, 0) is 36.1 Å². The van der Waals surface area contributed by atoms with Crippen molar-refractivity contribution >= 4 is 0 Å². The quantitative estimate of drug-likeness (QED) is 0.756. The topological polar surface area (TPSA) is 21.3 Å². The van der Waals surface area contributed by atoms with E-state index in [0.717, 1.165) is 31.2 Å². The van der Waals surface area contributed by atoms with Gasteiger partial charge in [-0.2, -0.15) is 0 Å². The smallest absolute Gasteiger partial charge is 0.122 e. The lowest BCUT2D eigenvalue weighted by atomic mass is 9.99. The largest absolute Gasteiger partial charge is 0.493 e. The second-order valence-corrected chi connectivity index (χ2v) is 4.77. The van der Waals surface area contributed by atoms with Crippen LogP contribution in [0.25, 0.3) is 0 Å². The van der Waals surface area contributed by atoms with Gasteiger partial charge in [-0.25, -0.2) is 0 Å². The molecule has 80 valence electrons. The number of ether oxygens (including phenoxy) is 1. The normalized spacial score (nSPS) is 28.9. The Labute approximate surface area is 90.6 Å². The lowest BCUT2D eigenvalue weighted by molar-refractivity contribution is 0.356. The fraction of sp³-hybridized carbons (Fsp3) is 0.538. The van der Waals surface area contributed by atoms with Crippen LogP contribution in [0.5, 0.6) is 5.75 Å². The molecular weight excluding hydrogens is 186 g/mol. The van der Waals surface area contributed by atoms with E-state index in [1.54, 1.807) is 0 Å². The minimum atomic E-state index is 0.537. The van der Waals surface area contributed by atoms with Gasteiger partial charge in [0.2, 0.25) is 0 Å². The van der Waals surface area contributed by atoms with Crippen molar-refractivity contribution in [3.8, 4) is 5.75 Å². The molecule has 2 nitrogen and oxygen atoms in total. The SMILES string of the molecule is CC1CNC(c2ccc3c(c2)OCC3)C1. The molecule has 0 bridgehead atoms. The molecule has 2 unspecified atom stereocenters. The summed E-state index contributed by atoms with van der Waals surface area (Å²) in [5.74, 6) is 1.90. The third kappa shape index (κ3) is 1.63. The highest BCUT2D eigenvalue weighted by Gasteiger charge is 2.23. The lowest BCUT2D eigenvalue weighted by Crippen LogP contribution is -2.13. The molecule has 15 heavy (non-hydrogen) atoms. The second kappa shape index (κ2) is 3.53. The summed E-state index contributed by atoms with van der Waals surface area (Å²) in [7, 11) is 0. The summed E-state index contributed by atoms with van der Waals surface area (Å²) in [6.45, 7) is 4.30. The fourth-order valence-corrected chi connectivity index (χ4v) is 2.57. The highest BCUT2D eigenvalue weighted by Crippen LogP contribution is 2.32. The van der Waals surface area contributed by atoms with Crippen LogP contribution < -0.4 is 10.1 Å². The molecule has 3 rings (SSSR count). The van der Waals surface area contributed by atoms with Crippen molar-refractivity contribution in [1.29, 1.82) is 0 Å². The van der Waals surface area contributed by atoms with Crippen LogP contribution in [0.3, 0.4) is 0 Å². The monoisotopic (exact) mass is 203 g/mol. The molecule has 2 aliphatic heterocycles. The van der Waals surface area contributed by atoms with Gasteiger partial charge in [0, 0.05) is 12.5 Å². The van der Waals surface area contributed by atoms with E-state index in [4.69, 9.17) is 4.74 Å². The van der Waals surface area contributed by atoms with Crippen molar-refractivity contribution in [2.45, 2.75) is 25.8 Å². The van der Waals surface area contributed by atoms with Gasteiger partial charge in [-0.1, -0.05) is 19.1 Å². The Morgan fingerprint density at radius 2 is 2.33 bits per heavy atom. The van der Waals surface area contributed by atoms with E-state index < -0.39 is 0 Å². The first kappa shape index (κ1) is 9.22. The van der Waals surface area contributed by atoms with Crippen molar-refractivity contribution in [1.82, 2.24) is 5.32 Å². The van der Waals surface area contributed by atoms with Gasteiger partial charge in [0.1, 0.15) is 5.75 Å². The average molecular weight is 203 g/mol. The third-order valence-electron chi connectivity index (χ3n) is 3.47. The van der Waals surface area contributed by atoms with E-state index in [1.807, 2.05) is 0 Å². The van der Waals surface area contributed by atoms with Crippen LogP contribution in [0.15, 0.2) is 18.2 Å². The molecule has 1 aromatic carbocycles. The number of rotatable bonds is 1. The number of hydrogen-bond donors (Lipinski definition) is 1. The molecule has 2 aliphatic rings. The van der Waals surface area contributed by atoms with Crippen LogP contribution in [0.1, 0.15) is 30.5 Å². The summed E-state index contributed by atoms with van der Waals surface area (Å²) in [4.78, 5) is 0. The lowest BCUT2D eigenvalue weighted by Gasteiger charge is -2.11. The number of nitrogens with one attached hydrogen (secondary N) is 1. The fourth-order valence-electron chi connectivity index (χ4n) is 2.57. The Morgan fingerprint density at radius 3 is 3.13 bits per heavy atom. The Hall–Kier alpha value is -1.02. The van der Waals surface area contributed by atoms with Crippen molar-refractivity contribution in [3.05, 3.63) is 29.3 Å². The number of fused-ring (bicyclic) bond motifs is 1. The van der Waals surface area contributed by atoms with Gasteiger partial charge in [0.25, 0.3) is 0 Å². The van der Waals surface area contributed by atoms with Crippen LogP contribution in [0, 0.1) is 5.92 Å². The summed E-state index contributed by atoms with van der Waals surface area (Å²) < 4.78 is 5.60. The minimum absolute atomic E-state index is 0.537. The second-order valence-electron chi connectivity index (χ2n) is 4.77. The maximum Gasteiger partial charge on any atom is 0.122 e. The molecule has 1 N–H and O–H groups in total. The summed E-state index contributed by atoms with van der Waals surface area (Å²) in [6, 6.07) is 7.23. The van der Waals surface area contributed by atoms with Crippen molar-refractivity contribution in [3.63, 3.8) is 0 Å². The van der Waals surface area contributed by atoms with Gasteiger partial charge in [-0.15, -0.1) is 0 Å². The van der Waals surface area contributed by atoms with Crippen LogP contribution >= 0.6 is 0 Å². The van der Waals surface area contributed by atoms with Crippen LogP contribution in [0.4, 0.5) is 0 Å². The summed E-state index contributed by atoms with van der Waals surface area (Å²) in [5, 5.41) is 3.56. The zero-order valence-corrected chi connectivity index (χ0v) is 9.12. The first-order valence-electron chi connectivity index (χ1n) is 5.82. The Balaban J connectivity index is 1.87. The number of hydrogen-bond acceptors (Lipinski definition) is 2. The predicted octanol–water partition coefficient (Wildman–Crippen LogP) is 2.29. The first-order chi connectivity index (χ1) is 7.33. The molecule has 2 atom stereocenters. The van der Waals surface area contributed by atoms with E-state index in [1.165, 1.54) is 17.5 Å². The van der Waals surface area contributed by atoms with Gasteiger partial charge >= 0.3 is 0 Å². The molecule has 0 aromatic heterocycles. The molecule has 1 saturated heterocycles. The van der Waals surface area contributed by atoms with Gasteiger partial charge in [0.05, 0.1) is 6.61 Å². The zero-order valence-electron chi connectivity index (χ0n) is 9.12. The summed E-state index contributed by atoms with van der Waals surface area (Å²) >= 11 is 0. The summed E-state index contributed by atoms with van der Waals surface area (Å²) in [5.41, 5.74) is 2.75. The van der Waals surface area contributed by atoms with E-state index >= 15 is 0 Å². The molecular formula is C13H17NO. The Bertz CT molecular complexity index is 375. The van der Waals surface area contributed by atoms with E-state index in [-0.39, 0.29) is 0 Å². The molecule has 0 amide bonds. The number of benzene rings is 1. The minimum Gasteiger partial charge on any atom is -0.493 e.